The van der Waals surface area contributed by atoms with Crippen molar-refractivity contribution >= 4 is 29.1 Å². The monoisotopic (exact) mass is 336 g/mol. The zero-order valence-electron chi connectivity index (χ0n) is 15.0. The van der Waals surface area contributed by atoms with Crippen LogP contribution in [0.3, 0.4) is 0 Å². The summed E-state index contributed by atoms with van der Waals surface area (Å²) in [6.45, 7) is 7.63. The third-order valence-electron chi connectivity index (χ3n) is 3.92. The van der Waals surface area contributed by atoms with Crippen molar-refractivity contribution < 1.29 is 9.59 Å². The number of nitrogens with zero attached hydrogens (tertiary/aromatic N) is 1. The fourth-order valence-corrected chi connectivity index (χ4v) is 2.61. The molecule has 0 unspecified atom stereocenters. The molecule has 0 saturated heterocycles. The summed E-state index contributed by atoms with van der Waals surface area (Å²) in [6, 6.07) is 15.1. The summed E-state index contributed by atoms with van der Waals surface area (Å²) >= 11 is 0. The van der Waals surface area contributed by atoms with Gasteiger partial charge < -0.3 is 10.2 Å². The Kier molecular flexibility index (Phi) is 6.52. The minimum atomic E-state index is -0.159. The Labute approximate surface area is 149 Å². The van der Waals surface area contributed by atoms with Crippen LogP contribution in [-0.4, -0.2) is 24.8 Å². The van der Waals surface area contributed by atoms with Gasteiger partial charge in [0.15, 0.2) is 5.78 Å². The third-order valence-corrected chi connectivity index (χ3v) is 3.92. The highest BCUT2D eigenvalue weighted by Gasteiger charge is 2.04. The fourth-order valence-electron chi connectivity index (χ4n) is 2.61. The molecule has 1 amide bonds. The Morgan fingerprint density at radius 2 is 1.72 bits per heavy atom. The fraction of sp³-hybridized carbons (Fsp3) is 0.238. The second-order valence-corrected chi connectivity index (χ2v) is 5.72. The zero-order chi connectivity index (χ0) is 18.2. The highest BCUT2D eigenvalue weighted by molar-refractivity contribution is 6.07. The Hall–Kier alpha value is -2.88. The van der Waals surface area contributed by atoms with E-state index >= 15 is 0 Å². The molecule has 4 heteroatoms. The number of hydrogen-bond acceptors (Lipinski definition) is 3. The molecule has 0 saturated carbocycles. The zero-order valence-corrected chi connectivity index (χ0v) is 15.0. The normalized spacial score (nSPS) is 10.7. The van der Waals surface area contributed by atoms with E-state index in [1.165, 1.54) is 12.6 Å². The summed E-state index contributed by atoms with van der Waals surface area (Å²) in [5, 5.41) is 2.68. The number of nitrogens with one attached hydrogen (secondary N) is 1. The van der Waals surface area contributed by atoms with Crippen LogP contribution in [0.25, 0.3) is 6.08 Å². The molecule has 2 aromatic carbocycles. The minimum absolute atomic E-state index is 0.0972. The number of carbonyl (C=O) groups excluding carboxylic acids is 2. The molecule has 0 heterocycles. The molecule has 0 aliphatic carbocycles. The lowest BCUT2D eigenvalue weighted by Gasteiger charge is -2.20. The van der Waals surface area contributed by atoms with Crippen molar-refractivity contribution in [1.82, 2.24) is 0 Å². The summed E-state index contributed by atoms with van der Waals surface area (Å²) < 4.78 is 0. The lowest BCUT2D eigenvalue weighted by Crippen LogP contribution is -2.21. The van der Waals surface area contributed by atoms with Crippen molar-refractivity contribution in [3.8, 4) is 0 Å². The van der Waals surface area contributed by atoms with E-state index in [1.807, 2.05) is 12.1 Å². The van der Waals surface area contributed by atoms with E-state index in [0.717, 1.165) is 18.7 Å². The molecular weight excluding hydrogens is 312 g/mol. The molecule has 130 valence electrons. The van der Waals surface area contributed by atoms with Crippen molar-refractivity contribution in [2.24, 2.45) is 0 Å². The lowest BCUT2D eigenvalue weighted by molar-refractivity contribution is -0.114. The first kappa shape index (κ1) is 18.5. The first-order valence-corrected chi connectivity index (χ1v) is 8.48. The molecule has 2 rings (SSSR count). The van der Waals surface area contributed by atoms with Gasteiger partial charge in [0.25, 0.3) is 0 Å². The van der Waals surface area contributed by atoms with Crippen LogP contribution in [0.1, 0.15) is 36.7 Å². The highest BCUT2D eigenvalue weighted by atomic mass is 16.1. The maximum atomic E-state index is 12.3. The number of anilines is 2. The van der Waals surface area contributed by atoms with Crippen LogP contribution in [0.5, 0.6) is 0 Å². The molecule has 25 heavy (non-hydrogen) atoms. The minimum Gasteiger partial charge on any atom is -0.372 e. The van der Waals surface area contributed by atoms with E-state index in [9.17, 15) is 9.59 Å². The summed E-state index contributed by atoms with van der Waals surface area (Å²) in [5.41, 5.74) is 3.32. The largest absolute Gasteiger partial charge is 0.372 e. The lowest BCUT2D eigenvalue weighted by atomic mass is 10.1. The number of amides is 1. The van der Waals surface area contributed by atoms with Gasteiger partial charge in [0.1, 0.15) is 0 Å². The summed E-state index contributed by atoms with van der Waals surface area (Å²) in [6.07, 6.45) is 3.36. The molecule has 4 nitrogen and oxygen atoms in total. The van der Waals surface area contributed by atoms with Crippen molar-refractivity contribution in [3.05, 3.63) is 65.7 Å². The van der Waals surface area contributed by atoms with E-state index in [-0.39, 0.29) is 11.7 Å². The van der Waals surface area contributed by atoms with E-state index in [4.69, 9.17) is 0 Å². The first-order chi connectivity index (χ1) is 12.0. The highest BCUT2D eigenvalue weighted by Crippen LogP contribution is 2.16. The van der Waals surface area contributed by atoms with Gasteiger partial charge in [-0.2, -0.15) is 0 Å². The van der Waals surface area contributed by atoms with Gasteiger partial charge in [0, 0.05) is 37.0 Å². The van der Waals surface area contributed by atoms with Gasteiger partial charge in [-0.15, -0.1) is 0 Å². The van der Waals surface area contributed by atoms with Crippen molar-refractivity contribution in [2.45, 2.75) is 20.8 Å². The molecule has 0 bridgehead atoms. The van der Waals surface area contributed by atoms with Crippen LogP contribution in [0.4, 0.5) is 11.4 Å². The summed E-state index contributed by atoms with van der Waals surface area (Å²) in [7, 11) is 0. The molecule has 0 fully saturated rings. The van der Waals surface area contributed by atoms with Crippen molar-refractivity contribution in [3.63, 3.8) is 0 Å². The quantitative estimate of drug-likeness (QED) is 0.603. The SMILES string of the molecule is CCN(CC)c1ccc(/C=C/C(=O)c2cccc(NC(C)=O)c2)cc1. The first-order valence-electron chi connectivity index (χ1n) is 8.48. The third kappa shape index (κ3) is 5.31. The second-order valence-electron chi connectivity index (χ2n) is 5.72. The van der Waals surface area contributed by atoms with Crippen molar-refractivity contribution in [2.75, 3.05) is 23.3 Å². The number of benzene rings is 2. The second kappa shape index (κ2) is 8.83. The number of ketones is 1. The van der Waals surface area contributed by atoms with Crippen LogP contribution < -0.4 is 10.2 Å². The molecule has 2 aromatic rings. The van der Waals surface area contributed by atoms with Crippen molar-refractivity contribution in [1.29, 1.82) is 0 Å². The molecule has 0 aliphatic heterocycles. The van der Waals surface area contributed by atoms with E-state index in [2.05, 4.69) is 36.2 Å². The maximum Gasteiger partial charge on any atom is 0.221 e. The molecule has 0 aliphatic rings. The van der Waals surface area contributed by atoms with Gasteiger partial charge in [-0.1, -0.05) is 30.3 Å². The predicted molar refractivity (Wildman–Crippen MR) is 104 cm³/mol. The van der Waals surface area contributed by atoms with Crippen LogP contribution in [0.15, 0.2) is 54.6 Å². The standard InChI is InChI=1S/C21H24N2O2/c1-4-23(5-2)20-12-9-17(10-13-20)11-14-21(25)18-7-6-8-19(15-18)22-16(3)24/h6-15H,4-5H2,1-3H3,(H,22,24)/b14-11+. The Morgan fingerprint density at radius 1 is 1.04 bits per heavy atom. The summed E-state index contributed by atoms with van der Waals surface area (Å²) in [4.78, 5) is 25.7. The van der Waals surface area contributed by atoms with E-state index < -0.39 is 0 Å². The summed E-state index contributed by atoms with van der Waals surface area (Å²) in [5.74, 6) is -0.256. The number of hydrogen-bond donors (Lipinski definition) is 1. The smallest absolute Gasteiger partial charge is 0.221 e. The van der Waals surface area contributed by atoms with Crippen LogP contribution in [0, 0.1) is 0 Å². The van der Waals surface area contributed by atoms with Gasteiger partial charge in [-0.05, 0) is 49.8 Å². The molecule has 0 aromatic heterocycles. The Morgan fingerprint density at radius 3 is 2.32 bits per heavy atom. The van der Waals surface area contributed by atoms with Gasteiger partial charge in [0.2, 0.25) is 5.91 Å². The molecule has 0 radical (unpaired) electrons. The van der Waals surface area contributed by atoms with Crippen LogP contribution in [-0.2, 0) is 4.79 Å². The van der Waals surface area contributed by atoms with Crippen LogP contribution >= 0.6 is 0 Å². The van der Waals surface area contributed by atoms with Gasteiger partial charge in [-0.3, -0.25) is 9.59 Å². The van der Waals surface area contributed by atoms with Gasteiger partial charge in [0.05, 0.1) is 0 Å². The topological polar surface area (TPSA) is 49.4 Å². The van der Waals surface area contributed by atoms with E-state index in [1.54, 1.807) is 36.4 Å². The molecular formula is C21H24N2O2. The Balaban J connectivity index is 2.08. The predicted octanol–water partition coefficient (Wildman–Crippen LogP) is 4.39. The van der Waals surface area contributed by atoms with E-state index in [0.29, 0.717) is 11.3 Å². The number of allylic oxidation sites excluding steroid dienone is 1. The average Bonchev–Trinajstić information content (AvgIpc) is 2.61. The number of carbonyl (C=O) groups is 2. The van der Waals surface area contributed by atoms with Gasteiger partial charge >= 0.3 is 0 Å². The Bertz CT molecular complexity index is 760. The average molecular weight is 336 g/mol. The maximum absolute atomic E-state index is 12.3. The number of rotatable bonds is 7. The molecule has 1 N–H and O–H groups in total. The van der Waals surface area contributed by atoms with Crippen LogP contribution in [0.2, 0.25) is 0 Å². The van der Waals surface area contributed by atoms with Gasteiger partial charge in [-0.25, -0.2) is 0 Å². The molecule has 0 atom stereocenters. The molecule has 0 spiro atoms.